The topological polar surface area (TPSA) is 172 Å². The second-order valence-corrected chi connectivity index (χ2v) is 18.3. The maximum atomic E-state index is 12.0. The van der Waals surface area contributed by atoms with Crippen LogP contribution in [0.15, 0.2) is 103 Å². The molecule has 0 bridgehead atoms. The van der Waals surface area contributed by atoms with Crippen molar-refractivity contribution < 1.29 is 38.9 Å². The van der Waals surface area contributed by atoms with E-state index in [-0.39, 0.29) is 44.2 Å². The standard InChI is InChI=1S/2C15H19NO4.C12H13N.C12H23N/c2*1-2-12-8-16(9-13(12)14(17)18)15(19)20-10-11-6-4-3-5-7-11;1-9(13)11-8-4-6-10-5-2-3-7-12(10)11;1-3-7-11(8-4-1)13-12-9-5-2-6-10-12/h2*3-7,12-13H,2,8-10H2,1H3,(H,17,18);2-9H,13H2,1H3;11-13H,1-10H2/t2*12-,13?;9-;/m111./s1. The van der Waals surface area contributed by atoms with Gasteiger partial charge >= 0.3 is 24.1 Å². The quantitative estimate of drug-likeness (QED) is 0.113. The number of aliphatic carboxylic acids is 2. The number of carbonyl (C=O) groups excluding carboxylic acids is 2. The van der Waals surface area contributed by atoms with Crippen molar-refractivity contribution in [3.8, 4) is 0 Å². The zero-order valence-electron chi connectivity index (χ0n) is 39.4. The minimum atomic E-state index is -0.838. The van der Waals surface area contributed by atoms with Crippen molar-refractivity contribution in [2.45, 2.75) is 129 Å². The van der Waals surface area contributed by atoms with Gasteiger partial charge < -0.3 is 40.5 Å². The fourth-order valence-electron chi connectivity index (χ4n) is 9.57. The number of benzene rings is 4. The molecule has 4 aliphatic rings. The van der Waals surface area contributed by atoms with E-state index in [0.717, 1.165) is 36.1 Å². The average molecular weight is 907 g/mol. The lowest BCUT2D eigenvalue weighted by atomic mass is 9.91. The summed E-state index contributed by atoms with van der Waals surface area (Å²) in [4.78, 5) is 49.2. The number of hydrogen-bond acceptors (Lipinski definition) is 8. The molecule has 66 heavy (non-hydrogen) atoms. The largest absolute Gasteiger partial charge is 0.481 e. The number of nitrogens with one attached hydrogen (secondary N) is 1. The Hall–Kier alpha value is -5.46. The lowest BCUT2D eigenvalue weighted by molar-refractivity contribution is -0.143. The van der Waals surface area contributed by atoms with Gasteiger partial charge in [0.1, 0.15) is 13.2 Å². The lowest BCUT2D eigenvalue weighted by Gasteiger charge is -2.30. The van der Waals surface area contributed by atoms with Gasteiger partial charge in [0, 0.05) is 44.3 Å². The molecule has 0 radical (unpaired) electrons. The second kappa shape index (κ2) is 27.2. The Morgan fingerprint density at radius 1 is 0.591 bits per heavy atom. The molecule has 2 saturated heterocycles. The first-order chi connectivity index (χ1) is 32.0. The molecular weight excluding hydrogens is 833 g/mol. The summed E-state index contributed by atoms with van der Waals surface area (Å²) in [5.41, 5.74) is 8.94. The van der Waals surface area contributed by atoms with Crippen molar-refractivity contribution in [1.29, 1.82) is 0 Å². The summed E-state index contributed by atoms with van der Waals surface area (Å²) < 4.78 is 10.5. The maximum absolute atomic E-state index is 12.0. The van der Waals surface area contributed by atoms with E-state index in [1.54, 1.807) is 0 Å². The first kappa shape index (κ1) is 51.5. The van der Waals surface area contributed by atoms with Gasteiger partial charge in [0.05, 0.1) is 11.8 Å². The molecule has 4 fully saturated rings. The van der Waals surface area contributed by atoms with E-state index in [0.29, 0.717) is 13.1 Å². The van der Waals surface area contributed by atoms with Gasteiger partial charge in [-0.2, -0.15) is 0 Å². The highest BCUT2D eigenvalue weighted by Gasteiger charge is 2.40. The van der Waals surface area contributed by atoms with Crippen molar-refractivity contribution in [3.05, 3.63) is 120 Å². The Labute approximate surface area is 392 Å². The summed E-state index contributed by atoms with van der Waals surface area (Å²) in [5.74, 6) is -2.62. The molecule has 2 aliphatic carbocycles. The average Bonchev–Trinajstić information content (AvgIpc) is 4.01. The van der Waals surface area contributed by atoms with Crippen LogP contribution in [0.1, 0.15) is 121 Å². The Balaban J connectivity index is 0.000000168. The number of nitrogens with zero attached hydrogens (tertiary/aromatic N) is 2. The summed E-state index contributed by atoms with van der Waals surface area (Å²) in [6.45, 7) is 7.72. The highest BCUT2D eigenvalue weighted by molar-refractivity contribution is 5.86. The Bertz CT molecular complexity index is 1960. The van der Waals surface area contributed by atoms with Crippen molar-refractivity contribution >= 4 is 34.9 Å². The van der Waals surface area contributed by atoms with Crippen LogP contribution in [0.3, 0.4) is 0 Å². The van der Waals surface area contributed by atoms with Crippen LogP contribution in [0.5, 0.6) is 0 Å². The first-order valence-corrected chi connectivity index (χ1v) is 24.3. The molecule has 5 N–H and O–H groups in total. The summed E-state index contributed by atoms with van der Waals surface area (Å²) in [5, 5.41) is 24.7. The predicted octanol–water partition coefficient (Wildman–Crippen LogP) is 10.8. The SMILES string of the molecule is C1CCC(NC2CCCCC2)CC1.CC[C@@H]1CN(C(=O)OCc2ccccc2)CC1C(=O)O.CC[C@@H]1CN(C(=O)OCc2ccccc2)CC1C(=O)O.C[C@@H](N)c1cccc2ccccc12. The van der Waals surface area contributed by atoms with E-state index in [1.807, 2.05) is 93.6 Å². The van der Waals surface area contributed by atoms with Gasteiger partial charge in [-0.05, 0) is 71.9 Å². The number of nitrogens with two attached hydrogens (primary N) is 1. The molecule has 2 unspecified atom stereocenters. The van der Waals surface area contributed by atoms with Crippen LogP contribution in [-0.4, -0.2) is 82.4 Å². The van der Waals surface area contributed by atoms with Crippen LogP contribution in [0.25, 0.3) is 10.8 Å². The van der Waals surface area contributed by atoms with Gasteiger partial charge in [-0.15, -0.1) is 0 Å². The van der Waals surface area contributed by atoms with E-state index in [9.17, 15) is 19.2 Å². The molecule has 4 aromatic rings. The van der Waals surface area contributed by atoms with E-state index in [2.05, 4.69) is 35.6 Å². The Kier molecular flexibility index (Phi) is 21.3. The molecule has 2 heterocycles. The first-order valence-electron chi connectivity index (χ1n) is 24.3. The number of carboxylic acid groups (broad SMARTS) is 2. The van der Waals surface area contributed by atoms with Crippen LogP contribution >= 0.6 is 0 Å². The monoisotopic (exact) mass is 907 g/mol. The third-order valence-electron chi connectivity index (χ3n) is 13.5. The molecule has 12 heteroatoms. The van der Waals surface area contributed by atoms with Crippen LogP contribution < -0.4 is 11.1 Å². The highest BCUT2D eigenvalue weighted by Crippen LogP contribution is 2.29. The zero-order chi connectivity index (χ0) is 47.3. The Morgan fingerprint density at radius 3 is 1.39 bits per heavy atom. The fourth-order valence-corrected chi connectivity index (χ4v) is 9.57. The third kappa shape index (κ3) is 16.2. The lowest BCUT2D eigenvalue weighted by Crippen LogP contribution is -2.40. The van der Waals surface area contributed by atoms with Gasteiger partial charge in [-0.25, -0.2) is 9.59 Å². The molecule has 5 atom stereocenters. The number of ether oxygens (including phenoxy) is 2. The predicted molar refractivity (Wildman–Crippen MR) is 260 cm³/mol. The number of hydrogen-bond donors (Lipinski definition) is 4. The molecule has 0 spiro atoms. The molecule has 12 nitrogen and oxygen atoms in total. The molecule has 2 aliphatic heterocycles. The normalized spacial score (nSPS) is 21.2. The zero-order valence-corrected chi connectivity index (χ0v) is 39.4. The number of rotatable bonds is 11. The highest BCUT2D eigenvalue weighted by atomic mass is 16.6. The van der Waals surface area contributed by atoms with Crippen LogP contribution in [0, 0.1) is 23.7 Å². The van der Waals surface area contributed by atoms with E-state index in [4.69, 9.17) is 25.4 Å². The fraction of sp³-hybridized carbons (Fsp3) is 0.519. The smallest absolute Gasteiger partial charge is 0.410 e. The van der Waals surface area contributed by atoms with Gasteiger partial charge in [-0.1, -0.05) is 168 Å². The molecule has 0 aromatic heterocycles. The van der Waals surface area contributed by atoms with E-state index < -0.39 is 36.0 Å². The Morgan fingerprint density at radius 2 is 1.00 bits per heavy atom. The minimum absolute atomic E-state index is 0.0109. The summed E-state index contributed by atoms with van der Waals surface area (Å²) in [7, 11) is 0. The number of carboxylic acids is 2. The van der Waals surface area contributed by atoms with Crippen LogP contribution in [-0.2, 0) is 32.3 Å². The molecule has 8 rings (SSSR count). The van der Waals surface area contributed by atoms with Gasteiger partial charge in [0.25, 0.3) is 0 Å². The third-order valence-corrected chi connectivity index (χ3v) is 13.5. The number of carbonyl (C=O) groups is 4. The minimum Gasteiger partial charge on any atom is -0.481 e. The number of amides is 2. The molecule has 358 valence electrons. The second-order valence-electron chi connectivity index (χ2n) is 18.3. The summed E-state index contributed by atoms with van der Waals surface area (Å²) in [6, 6.07) is 35.3. The van der Waals surface area contributed by atoms with Gasteiger partial charge in [-0.3, -0.25) is 9.59 Å². The molecule has 2 saturated carbocycles. The molecular formula is C54H74N4O8. The van der Waals surface area contributed by atoms with E-state index >= 15 is 0 Å². The van der Waals surface area contributed by atoms with Crippen molar-refractivity contribution in [2.24, 2.45) is 29.4 Å². The van der Waals surface area contributed by atoms with Crippen LogP contribution in [0.2, 0.25) is 0 Å². The number of fused-ring (bicyclic) bond motifs is 1. The van der Waals surface area contributed by atoms with Gasteiger partial charge in [0.2, 0.25) is 0 Å². The molecule has 4 aromatic carbocycles. The summed E-state index contributed by atoms with van der Waals surface area (Å²) in [6.07, 6.45) is 15.2. The molecule has 2 amide bonds. The van der Waals surface area contributed by atoms with Crippen molar-refractivity contribution in [3.63, 3.8) is 0 Å². The van der Waals surface area contributed by atoms with Crippen LogP contribution in [0.4, 0.5) is 9.59 Å². The van der Waals surface area contributed by atoms with Gasteiger partial charge in [0.15, 0.2) is 0 Å². The maximum Gasteiger partial charge on any atom is 0.410 e. The van der Waals surface area contributed by atoms with Crippen molar-refractivity contribution in [1.82, 2.24) is 15.1 Å². The summed E-state index contributed by atoms with van der Waals surface area (Å²) >= 11 is 0. The van der Waals surface area contributed by atoms with E-state index in [1.165, 1.54) is 90.3 Å². The van der Waals surface area contributed by atoms with Crippen molar-refractivity contribution in [2.75, 3.05) is 26.2 Å². The number of likely N-dealkylation sites (tertiary alicyclic amines) is 2.